The molecule has 208 valence electrons. The second-order valence-corrected chi connectivity index (χ2v) is 9.28. The molecule has 0 radical (unpaired) electrons. The number of methoxy groups -OCH3 is 2. The van der Waals surface area contributed by atoms with Crippen molar-refractivity contribution in [2.75, 3.05) is 27.4 Å². The van der Waals surface area contributed by atoms with Gasteiger partial charge in [-0.15, -0.1) is 0 Å². The van der Waals surface area contributed by atoms with E-state index in [1.807, 2.05) is 0 Å². The minimum Gasteiger partial charge on any atom is -0.504 e. The monoisotopic (exact) mass is 536 g/mol. The number of ether oxygens (including phenoxy) is 5. The molecule has 2 aliphatic heterocycles. The molecule has 2 aromatic carbocycles. The molecule has 2 heterocycles. The van der Waals surface area contributed by atoms with Gasteiger partial charge in [-0.1, -0.05) is 12.1 Å². The maximum Gasteiger partial charge on any atom is 0.309 e. The summed E-state index contributed by atoms with van der Waals surface area (Å²) in [5, 5.41) is 60.7. The van der Waals surface area contributed by atoms with Crippen LogP contribution in [-0.2, 0) is 20.7 Å². The maximum atomic E-state index is 12.5. The minimum atomic E-state index is -1.61. The lowest BCUT2D eigenvalue weighted by Gasteiger charge is -2.39. The number of carbonyl (C=O) groups excluding carboxylic acids is 1. The van der Waals surface area contributed by atoms with Crippen LogP contribution in [-0.4, -0.2) is 94.7 Å². The van der Waals surface area contributed by atoms with Gasteiger partial charge < -0.3 is 54.3 Å². The molecule has 0 bridgehead atoms. The zero-order valence-corrected chi connectivity index (χ0v) is 20.8. The fraction of sp³-hybridized carbons (Fsp3) is 0.500. The summed E-state index contributed by atoms with van der Waals surface area (Å²) in [4.78, 5) is 12.5. The first-order chi connectivity index (χ1) is 18.2. The Labute approximate surface area is 218 Å². The number of phenolic OH excluding ortho intramolecular Hbond substituents is 1. The zero-order valence-electron chi connectivity index (χ0n) is 20.8. The molecule has 8 atom stereocenters. The number of phenols is 1. The molecule has 0 aliphatic carbocycles. The van der Waals surface area contributed by atoms with Crippen LogP contribution >= 0.6 is 0 Å². The Morgan fingerprint density at radius 3 is 2.39 bits per heavy atom. The Bertz CT molecular complexity index is 1120. The fourth-order valence-electron chi connectivity index (χ4n) is 4.73. The third kappa shape index (κ3) is 5.51. The molecule has 0 amide bonds. The molecule has 4 rings (SSSR count). The lowest BCUT2D eigenvalue weighted by molar-refractivity contribution is -0.277. The molecule has 12 heteroatoms. The summed E-state index contributed by atoms with van der Waals surface area (Å²) in [5.41, 5.74) is 1.14. The smallest absolute Gasteiger partial charge is 0.309 e. The second kappa shape index (κ2) is 11.7. The molecular weight excluding hydrogens is 504 g/mol. The van der Waals surface area contributed by atoms with Crippen molar-refractivity contribution >= 4 is 5.97 Å². The van der Waals surface area contributed by atoms with E-state index in [9.17, 15) is 35.4 Å². The summed E-state index contributed by atoms with van der Waals surface area (Å²) < 4.78 is 26.8. The van der Waals surface area contributed by atoms with E-state index in [1.54, 1.807) is 18.2 Å². The number of rotatable bonds is 9. The molecule has 0 saturated carbocycles. The summed E-state index contributed by atoms with van der Waals surface area (Å²) in [6.07, 6.45) is -8.15. The number of aromatic hydroxyl groups is 1. The van der Waals surface area contributed by atoms with Crippen molar-refractivity contribution in [2.45, 2.75) is 43.2 Å². The third-order valence-electron chi connectivity index (χ3n) is 6.96. The van der Waals surface area contributed by atoms with E-state index in [1.165, 1.54) is 32.4 Å². The maximum absolute atomic E-state index is 12.5. The van der Waals surface area contributed by atoms with Gasteiger partial charge in [0.1, 0.15) is 24.4 Å². The highest BCUT2D eigenvalue weighted by atomic mass is 16.7. The molecule has 2 fully saturated rings. The molecule has 2 saturated heterocycles. The number of carbonyl (C=O) groups is 1. The van der Waals surface area contributed by atoms with Crippen molar-refractivity contribution in [1.82, 2.24) is 0 Å². The summed E-state index contributed by atoms with van der Waals surface area (Å²) in [7, 11) is 2.79. The summed E-state index contributed by atoms with van der Waals surface area (Å²) in [5.74, 6) is -1.16. The van der Waals surface area contributed by atoms with Crippen LogP contribution < -0.4 is 14.2 Å². The highest BCUT2D eigenvalue weighted by molar-refractivity contribution is 5.75. The molecule has 6 N–H and O–H groups in total. The van der Waals surface area contributed by atoms with E-state index in [2.05, 4.69) is 0 Å². The van der Waals surface area contributed by atoms with Crippen molar-refractivity contribution in [2.24, 2.45) is 11.8 Å². The Hall–Kier alpha value is -3.13. The van der Waals surface area contributed by atoms with Gasteiger partial charge in [0.25, 0.3) is 0 Å². The van der Waals surface area contributed by atoms with E-state index >= 15 is 0 Å². The molecule has 2 aliphatic rings. The van der Waals surface area contributed by atoms with Gasteiger partial charge in [0.15, 0.2) is 23.0 Å². The number of aliphatic hydroxyl groups is 5. The first kappa shape index (κ1) is 27.9. The van der Waals surface area contributed by atoms with Gasteiger partial charge >= 0.3 is 5.97 Å². The predicted octanol–water partition coefficient (Wildman–Crippen LogP) is -0.347. The summed E-state index contributed by atoms with van der Waals surface area (Å²) >= 11 is 0. The van der Waals surface area contributed by atoms with Crippen LogP contribution in [0.5, 0.6) is 23.0 Å². The number of cyclic esters (lactones) is 1. The molecule has 12 nitrogen and oxygen atoms in total. The topological polar surface area (TPSA) is 185 Å². The van der Waals surface area contributed by atoms with E-state index < -0.39 is 61.2 Å². The number of hydrogen-bond acceptors (Lipinski definition) is 12. The lowest BCUT2D eigenvalue weighted by Crippen LogP contribution is -2.60. The lowest BCUT2D eigenvalue weighted by atomic mass is 9.83. The highest BCUT2D eigenvalue weighted by Gasteiger charge is 2.45. The predicted molar refractivity (Wildman–Crippen MR) is 129 cm³/mol. The summed E-state index contributed by atoms with van der Waals surface area (Å²) in [6.45, 7) is -0.599. The molecule has 0 spiro atoms. The number of aliphatic hydroxyl groups excluding tert-OH is 5. The van der Waals surface area contributed by atoms with Crippen LogP contribution in [0.1, 0.15) is 17.2 Å². The van der Waals surface area contributed by atoms with Gasteiger partial charge in [-0.05, 0) is 41.8 Å². The van der Waals surface area contributed by atoms with Crippen LogP contribution in [0.2, 0.25) is 0 Å². The van der Waals surface area contributed by atoms with Gasteiger partial charge in [-0.25, -0.2) is 0 Å². The van der Waals surface area contributed by atoms with Crippen molar-refractivity contribution in [3.63, 3.8) is 0 Å². The van der Waals surface area contributed by atoms with Crippen molar-refractivity contribution in [3.05, 3.63) is 47.5 Å². The molecule has 2 aromatic rings. The van der Waals surface area contributed by atoms with Gasteiger partial charge in [0, 0.05) is 5.92 Å². The van der Waals surface area contributed by atoms with Crippen LogP contribution in [0.4, 0.5) is 0 Å². The van der Waals surface area contributed by atoms with Crippen LogP contribution in [0.25, 0.3) is 0 Å². The van der Waals surface area contributed by atoms with E-state index in [0.717, 1.165) is 5.56 Å². The van der Waals surface area contributed by atoms with Crippen LogP contribution in [0.15, 0.2) is 36.4 Å². The second-order valence-electron chi connectivity index (χ2n) is 9.28. The Morgan fingerprint density at radius 2 is 1.71 bits per heavy atom. The summed E-state index contributed by atoms with van der Waals surface area (Å²) in [6, 6.07) is 9.29. The first-order valence-electron chi connectivity index (χ1n) is 12.0. The zero-order chi connectivity index (χ0) is 27.6. The average Bonchev–Trinajstić information content (AvgIpc) is 3.29. The van der Waals surface area contributed by atoms with E-state index in [-0.39, 0.29) is 36.0 Å². The minimum absolute atomic E-state index is 0.00528. The number of esters is 1. The Balaban J connectivity index is 1.51. The van der Waals surface area contributed by atoms with Crippen molar-refractivity contribution < 1.29 is 59.1 Å². The van der Waals surface area contributed by atoms with Crippen LogP contribution in [0, 0.1) is 11.8 Å². The third-order valence-corrected chi connectivity index (χ3v) is 6.96. The van der Waals surface area contributed by atoms with Gasteiger partial charge in [0.2, 0.25) is 6.29 Å². The van der Waals surface area contributed by atoms with Gasteiger partial charge in [-0.3, -0.25) is 4.79 Å². The van der Waals surface area contributed by atoms with Gasteiger partial charge in [-0.2, -0.15) is 0 Å². The number of hydrogen-bond donors (Lipinski definition) is 6. The van der Waals surface area contributed by atoms with Crippen LogP contribution in [0.3, 0.4) is 0 Å². The highest BCUT2D eigenvalue weighted by Crippen LogP contribution is 2.40. The van der Waals surface area contributed by atoms with E-state index in [4.69, 9.17) is 23.7 Å². The van der Waals surface area contributed by atoms with E-state index in [0.29, 0.717) is 5.56 Å². The van der Waals surface area contributed by atoms with Crippen molar-refractivity contribution in [1.29, 1.82) is 0 Å². The molecule has 0 aromatic heterocycles. The standard InChI is InChI=1S/C26H32O12/c1-34-18-8-12(3-5-16(18)28)7-14-15(11-36-25(14)33)21(29)13-4-6-17(19(9-13)35-2)37-26-24(32)23(31)22(30)20(10-27)38-26/h3-6,8-9,14-15,20-24,26-32H,7,10-11H2,1-2H3/t14-,15+,20+,21?,22+,23-,24+,26+/m0/s1. The average molecular weight is 537 g/mol. The normalized spacial score (nSPS) is 30.0. The number of benzene rings is 2. The molecule has 1 unspecified atom stereocenters. The van der Waals surface area contributed by atoms with Crippen molar-refractivity contribution in [3.8, 4) is 23.0 Å². The largest absolute Gasteiger partial charge is 0.504 e. The van der Waals surface area contributed by atoms with Gasteiger partial charge in [0.05, 0.1) is 39.5 Å². The fourth-order valence-corrected chi connectivity index (χ4v) is 4.73. The Kier molecular flexibility index (Phi) is 8.61. The molecular formula is C26H32O12. The SMILES string of the molecule is COc1cc(C[C@@H]2C(=O)OC[C@H]2C(O)c2ccc(O[C@@H]3O[C@H](CO)[C@@H](O)[C@H](O)[C@H]3O)c(OC)c2)ccc1O. The first-order valence-corrected chi connectivity index (χ1v) is 12.0. The molecule has 38 heavy (non-hydrogen) atoms. The quantitative estimate of drug-likeness (QED) is 0.229. The Morgan fingerprint density at radius 1 is 0.974 bits per heavy atom.